The zero-order chi connectivity index (χ0) is 18.6. The topological polar surface area (TPSA) is 108 Å². The second kappa shape index (κ2) is 7.31. The molecule has 9 heteroatoms. The maximum absolute atomic E-state index is 12.0. The third-order valence-electron chi connectivity index (χ3n) is 3.30. The fraction of sp³-hybridized carbons (Fsp3) is 0.188. The maximum atomic E-state index is 12.0. The lowest BCUT2D eigenvalue weighted by Crippen LogP contribution is -2.41. The minimum Gasteiger partial charge on any atom is -0.363 e. The summed E-state index contributed by atoms with van der Waals surface area (Å²) in [5.74, 6) is -0.378. The predicted octanol–water partition coefficient (Wildman–Crippen LogP) is 0.626. The zero-order valence-electron chi connectivity index (χ0n) is 14.0. The molecule has 0 aliphatic heterocycles. The minimum atomic E-state index is -3.33. The van der Waals surface area contributed by atoms with Crippen LogP contribution in [0.25, 0.3) is 0 Å². The first-order chi connectivity index (χ1) is 11.7. The molecule has 0 aliphatic rings. The summed E-state index contributed by atoms with van der Waals surface area (Å²) in [6.07, 6.45) is 2.48. The highest BCUT2D eigenvalue weighted by Crippen LogP contribution is 2.10. The summed E-state index contributed by atoms with van der Waals surface area (Å²) < 4.78 is 22.8. The van der Waals surface area contributed by atoms with Crippen LogP contribution < -0.4 is 15.8 Å². The molecule has 25 heavy (non-hydrogen) atoms. The van der Waals surface area contributed by atoms with Crippen LogP contribution in [-0.2, 0) is 9.84 Å². The first kappa shape index (κ1) is 18.4. The highest BCUT2D eigenvalue weighted by Gasteiger charge is 2.12. The van der Waals surface area contributed by atoms with E-state index in [1.54, 1.807) is 17.0 Å². The number of hydrazine groups is 1. The summed E-state index contributed by atoms with van der Waals surface area (Å²) in [5, 5.41) is 0. The van der Waals surface area contributed by atoms with Gasteiger partial charge in [-0.05, 0) is 36.4 Å². The van der Waals surface area contributed by atoms with Crippen LogP contribution in [0.15, 0.2) is 47.5 Å². The van der Waals surface area contributed by atoms with Crippen molar-refractivity contribution in [3.05, 3.63) is 53.7 Å². The molecule has 0 fully saturated rings. The molecule has 0 unspecified atom stereocenters. The van der Waals surface area contributed by atoms with Gasteiger partial charge in [0.15, 0.2) is 9.84 Å². The SMILES string of the molecule is CN(C)c1ccc(C(=O)NNC(=O)c2ccc(S(C)(=O)=O)cc2)cn1. The summed E-state index contributed by atoms with van der Waals surface area (Å²) in [6.45, 7) is 0. The Hall–Kier alpha value is -2.94. The smallest absolute Gasteiger partial charge is 0.271 e. The normalized spacial score (nSPS) is 10.8. The lowest BCUT2D eigenvalue weighted by molar-refractivity contribution is 0.0846. The lowest BCUT2D eigenvalue weighted by Gasteiger charge is -2.11. The van der Waals surface area contributed by atoms with Crippen LogP contribution in [0, 0.1) is 0 Å². The van der Waals surface area contributed by atoms with Crippen LogP contribution in [0.1, 0.15) is 20.7 Å². The van der Waals surface area contributed by atoms with Crippen molar-refractivity contribution in [2.75, 3.05) is 25.3 Å². The van der Waals surface area contributed by atoms with Crippen molar-refractivity contribution in [1.82, 2.24) is 15.8 Å². The summed E-state index contributed by atoms with van der Waals surface area (Å²) in [6, 6.07) is 8.66. The number of carbonyl (C=O) groups excluding carboxylic acids is 2. The van der Waals surface area contributed by atoms with E-state index in [2.05, 4.69) is 15.8 Å². The fourth-order valence-electron chi connectivity index (χ4n) is 1.90. The number of pyridine rings is 1. The van der Waals surface area contributed by atoms with Gasteiger partial charge in [0, 0.05) is 32.1 Å². The van der Waals surface area contributed by atoms with E-state index in [1.165, 1.54) is 30.5 Å². The number of hydrogen-bond donors (Lipinski definition) is 2. The van der Waals surface area contributed by atoms with Crippen molar-refractivity contribution >= 4 is 27.5 Å². The molecule has 132 valence electrons. The Bertz CT molecular complexity index is 875. The lowest BCUT2D eigenvalue weighted by atomic mass is 10.2. The number of hydrogen-bond acceptors (Lipinski definition) is 6. The van der Waals surface area contributed by atoms with E-state index >= 15 is 0 Å². The molecule has 2 aromatic rings. The Morgan fingerprint density at radius 1 is 0.920 bits per heavy atom. The van der Waals surface area contributed by atoms with E-state index < -0.39 is 21.7 Å². The Morgan fingerprint density at radius 3 is 1.88 bits per heavy atom. The highest BCUT2D eigenvalue weighted by atomic mass is 32.2. The van der Waals surface area contributed by atoms with Gasteiger partial charge in [-0.15, -0.1) is 0 Å². The molecule has 8 nitrogen and oxygen atoms in total. The molecule has 0 saturated heterocycles. The van der Waals surface area contributed by atoms with Gasteiger partial charge < -0.3 is 4.90 Å². The van der Waals surface area contributed by atoms with E-state index in [1.807, 2.05) is 14.1 Å². The first-order valence-electron chi connectivity index (χ1n) is 7.22. The Kier molecular flexibility index (Phi) is 5.38. The number of sulfone groups is 1. The molecule has 0 atom stereocenters. The average Bonchev–Trinajstić information content (AvgIpc) is 2.58. The van der Waals surface area contributed by atoms with Gasteiger partial charge in [-0.25, -0.2) is 13.4 Å². The maximum Gasteiger partial charge on any atom is 0.271 e. The Labute approximate surface area is 145 Å². The van der Waals surface area contributed by atoms with E-state index in [-0.39, 0.29) is 10.5 Å². The van der Waals surface area contributed by atoms with Crippen LogP contribution in [0.4, 0.5) is 5.82 Å². The number of aromatic nitrogens is 1. The number of anilines is 1. The molecule has 0 saturated carbocycles. The fourth-order valence-corrected chi connectivity index (χ4v) is 2.53. The molecular weight excluding hydrogens is 344 g/mol. The molecule has 2 rings (SSSR count). The largest absolute Gasteiger partial charge is 0.363 e. The number of amides is 2. The number of carbonyl (C=O) groups is 2. The molecular formula is C16H18N4O4S. The van der Waals surface area contributed by atoms with E-state index in [4.69, 9.17) is 0 Å². The van der Waals surface area contributed by atoms with Crippen LogP contribution in [0.2, 0.25) is 0 Å². The minimum absolute atomic E-state index is 0.111. The number of nitrogens with one attached hydrogen (secondary N) is 2. The van der Waals surface area contributed by atoms with E-state index in [9.17, 15) is 18.0 Å². The van der Waals surface area contributed by atoms with E-state index in [0.29, 0.717) is 11.4 Å². The monoisotopic (exact) mass is 362 g/mol. The van der Waals surface area contributed by atoms with Gasteiger partial charge >= 0.3 is 0 Å². The second-order valence-corrected chi connectivity index (χ2v) is 7.52. The van der Waals surface area contributed by atoms with Crippen LogP contribution in [-0.4, -0.2) is 45.6 Å². The molecule has 2 N–H and O–H groups in total. The number of nitrogens with zero attached hydrogens (tertiary/aromatic N) is 2. The van der Waals surface area contributed by atoms with Crippen molar-refractivity contribution in [3.63, 3.8) is 0 Å². The van der Waals surface area contributed by atoms with Gasteiger partial charge in [-0.1, -0.05) is 0 Å². The molecule has 2 amide bonds. The summed E-state index contributed by atoms with van der Waals surface area (Å²) in [7, 11) is 0.333. The molecule has 0 bridgehead atoms. The molecule has 1 aromatic carbocycles. The Balaban J connectivity index is 1.98. The third-order valence-corrected chi connectivity index (χ3v) is 4.43. The van der Waals surface area contributed by atoms with Crippen molar-refractivity contribution in [2.45, 2.75) is 4.90 Å². The molecule has 1 heterocycles. The number of benzene rings is 1. The van der Waals surface area contributed by atoms with Gasteiger partial charge in [-0.3, -0.25) is 20.4 Å². The molecule has 0 aliphatic carbocycles. The van der Waals surface area contributed by atoms with Gasteiger partial charge in [0.25, 0.3) is 11.8 Å². The van der Waals surface area contributed by atoms with Gasteiger partial charge in [0.1, 0.15) is 5.82 Å². The van der Waals surface area contributed by atoms with Crippen molar-refractivity contribution in [2.24, 2.45) is 0 Å². The molecule has 0 spiro atoms. The summed E-state index contributed by atoms with van der Waals surface area (Å²) >= 11 is 0. The van der Waals surface area contributed by atoms with E-state index in [0.717, 1.165) is 6.26 Å². The van der Waals surface area contributed by atoms with Crippen molar-refractivity contribution in [1.29, 1.82) is 0 Å². The third kappa shape index (κ3) is 4.77. The summed E-state index contributed by atoms with van der Waals surface area (Å²) in [4.78, 5) is 30.0. The second-order valence-electron chi connectivity index (χ2n) is 5.50. The van der Waals surface area contributed by atoms with Gasteiger partial charge in [0.05, 0.1) is 10.5 Å². The predicted molar refractivity (Wildman–Crippen MR) is 93.0 cm³/mol. The van der Waals surface area contributed by atoms with Crippen LogP contribution in [0.5, 0.6) is 0 Å². The summed E-state index contributed by atoms with van der Waals surface area (Å²) in [5.41, 5.74) is 5.05. The van der Waals surface area contributed by atoms with Crippen molar-refractivity contribution in [3.8, 4) is 0 Å². The van der Waals surface area contributed by atoms with Crippen LogP contribution >= 0.6 is 0 Å². The average molecular weight is 362 g/mol. The standard InChI is InChI=1S/C16H18N4O4S/c1-20(2)14-9-6-12(10-17-14)16(22)19-18-15(21)11-4-7-13(8-5-11)25(3,23)24/h4-10H,1-3H3,(H,18,21)(H,19,22). The quantitative estimate of drug-likeness (QED) is 0.772. The molecule has 1 aromatic heterocycles. The van der Waals surface area contributed by atoms with Crippen molar-refractivity contribution < 1.29 is 18.0 Å². The van der Waals surface area contributed by atoms with Gasteiger partial charge in [0.2, 0.25) is 0 Å². The number of rotatable bonds is 4. The molecule has 0 radical (unpaired) electrons. The van der Waals surface area contributed by atoms with Gasteiger partial charge in [-0.2, -0.15) is 0 Å². The van der Waals surface area contributed by atoms with Crippen LogP contribution in [0.3, 0.4) is 0 Å². The highest BCUT2D eigenvalue weighted by molar-refractivity contribution is 7.90. The first-order valence-corrected chi connectivity index (χ1v) is 9.12. The zero-order valence-corrected chi connectivity index (χ0v) is 14.8. The Morgan fingerprint density at radius 2 is 1.44 bits per heavy atom.